The Hall–Kier alpha value is -2.89. The van der Waals surface area contributed by atoms with Crippen molar-refractivity contribution in [3.05, 3.63) is 46.9 Å². The molecule has 0 unspecified atom stereocenters. The van der Waals surface area contributed by atoms with E-state index in [0.717, 1.165) is 16.9 Å². The molecule has 0 saturated carbocycles. The second kappa shape index (κ2) is 7.78. The van der Waals surface area contributed by atoms with Gasteiger partial charge in [-0.25, -0.2) is 0 Å². The van der Waals surface area contributed by atoms with E-state index in [0.29, 0.717) is 48.1 Å². The van der Waals surface area contributed by atoms with Crippen molar-refractivity contribution in [1.29, 1.82) is 0 Å². The van der Waals surface area contributed by atoms with Gasteiger partial charge in [0.2, 0.25) is 0 Å². The summed E-state index contributed by atoms with van der Waals surface area (Å²) in [6.07, 6.45) is 2.76. The van der Waals surface area contributed by atoms with E-state index in [-0.39, 0.29) is 5.91 Å². The molecule has 1 aromatic heterocycles. The lowest BCUT2D eigenvalue weighted by atomic mass is 9.96. The van der Waals surface area contributed by atoms with Gasteiger partial charge in [0.15, 0.2) is 0 Å². The molecule has 1 aromatic carbocycles. The summed E-state index contributed by atoms with van der Waals surface area (Å²) in [4.78, 5) is 14.6. The molecule has 6 nitrogen and oxygen atoms in total. The summed E-state index contributed by atoms with van der Waals surface area (Å²) < 4.78 is 21.9. The molecule has 0 fully saturated rings. The maximum absolute atomic E-state index is 12.8. The van der Waals surface area contributed by atoms with Crippen molar-refractivity contribution >= 4 is 11.5 Å². The molecular weight excluding hydrogens is 346 g/mol. The number of hydrogen-bond acceptors (Lipinski definition) is 5. The van der Waals surface area contributed by atoms with Gasteiger partial charge >= 0.3 is 0 Å². The fraction of sp³-hybridized carbons (Fsp3) is 0.381. The van der Waals surface area contributed by atoms with Gasteiger partial charge in [-0.15, -0.1) is 0 Å². The van der Waals surface area contributed by atoms with E-state index in [9.17, 15) is 4.79 Å². The summed E-state index contributed by atoms with van der Waals surface area (Å²) >= 11 is 0. The van der Waals surface area contributed by atoms with Gasteiger partial charge in [-0.3, -0.25) is 4.79 Å². The second-order valence-corrected chi connectivity index (χ2v) is 6.46. The number of amides is 1. The number of carbonyl (C=O) groups excluding carboxylic acids is 1. The molecule has 0 spiro atoms. The molecule has 1 aliphatic heterocycles. The van der Waals surface area contributed by atoms with Crippen LogP contribution in [0, 0.1) is 13.8 Å². The maximum Gasteiger partial charge on any atom is 0.257 e. The molecule has 0 N–H and O–H groups in total. The van der Waals surface area contributed by atoms with Gasteiger partial charge in [0.1, 0.15) is 28.8 Å². The summed E-state index contributed by atoms with van der Waals surface area (Å²) in [5, 5.41) is 0. The lowest BCUT2D eigenvalue weighted by molar-refractivity contribution is 0.0771. The molecule has 2 heterocycles. The number of furan rings is 1. The van der Waals surface area contributed by atoms with Gasteiger partial charge in [-0.05, 0) is 31.9 Å². The molecular formula is C21H25NO5. The van der Waals surface area contributed by atoms with Crippen molar-refractivity contribution in [2.24, 2.45) is 0 Å². The molecule has 1 amide bonds. The highest BCUT2D eigenvalue weighted by Crippen LogP contribution is 2.41. The Kier molecular flexibility index (Phi) is 5.44. The zero-order chi connectivity index (χ0) is 19.6. The van der Waals surface area contributed by atoms with Crippen molar-refractivity contribution < 1.29 is 23.4 Å². The summed E-state index contributed by atoms with van der Waals surface area (Å²) in [5.74, 6) is 3.46. The average Bonchev–Trinajstić information content (AvgIpc) is 3.04. The number of benzene rings is 1. The summed E-state index contributed by atoms with van der Waals surface area (Å²) in [6.45, 7) is 4.81. The molecule has 144 valence electrons. The average molecular weight is 371 g/mol. The highest BCUT2D eigenvalue weighted by Gasteiger charge is 2.25. The van der Waals surface area contributed by atoms with Crippen LogP contribution in [0.4, 0.5) is 0 Å². The predicted molar refractivity (Wildman–Crippen MR) is 103 cm³/mol. The van der Waals surface area contributed by atoms with Crippen LogP contribution in [0.1, 0.15) is 33.9 Å². The van der Waals surface area contributed by atoms with Gasteiger partial charge in [-0.2, -0.15) is 0 Å². The Balaban J connectivity index is 1.87. The number of rotatable bonds is 5. The van der Waals surface area contributed by atoms with Crippen LogP contribution in [0.5, 0.6) is 17.2 Å². The molecule has 0 bridgehead atoms. The fourth-order valence-electron chi connectivity index (χ4n) is 3.42. The Morgan fingerprint density at radius 1 is 1.04 bits per heavy atom. The number of aryl methyl sites for hydroxylation is 2. The molecule has 3 rings (SSSR count). The fourth-order valence-corrected chi connectivity index (χ4v) is 3.42. The highest BCUT2D eigenvalue weighted by atomic mass is 16.5. The minimum Gasteiger partial charge on any atom is -0.496 e. The van der Waals surface area contributed by atoms with Crippen LogP contribution >= 0.6 is 0 Å². The third kappa shape index (κ3) is 3.65. The minimum atomic E-state index is -0.00619. The molecule has 27 heavy (non-hydrogen) atoms. The first-order chi connectivity index (χ1) is 13.0. The summed E-state index contributed by atoms with van der Waals surface area (Å²) in [6, 6.07) is 5.48. The van der Waals surface area contributed by atoms with E-state index in [1.54, 1.807) is 27.4 Å². The van der Waals surface area contributed by atoms with E-state index in [1.807, 2.05) is 30.9 Å². The van der Waals surface area contributed by atoms with E-state index in [4.69, 9.17) is 18.6 Å². The van der Waals surface area contributed by atoms with Crippen LogP contribution in [0.2, 0.25) is 0 Å². The largest absolute Gasteiger partial charge is 0.496 e. The van der Waals surface area contributed by atoms with Gasteiger partial charge in [0, 0.05) is 25.2 Å². The smallest absolute Gasteiger partial charge is 0.257 e. The zero-order valence-electron chi connectivity index (χ0n) is 16.4. The van der Waals surface area contributed by atoms with Crippen molar-refractivity contribution in [2.75, 3.05) is 34.4 Å². The van der Waals surface area contributed by atoms with Gasteiger partial charge in [0.05, 0.1) is 32.5 Å². The van der Waals surface area contributed by atoms with Crippen molar-refractivity contribution in [1.82, 2.24) is 4.90 Å². The Morgan fingerprint density at radius 3 is 2.15 bits per heavy atom. The molecule has 0 radical (unpaired) electrons. The van der Waals surface area contributed by atoms with Gasteiger partial charge < -0.3 is 23.5 Å². The van der Waals surface area contributed by atoms with E-state index < -0.39 is 0 Å². The molecule has 6 heteroatoms. The first kappa shape index (κ1) is 18.9. The molecule has 0 atom stereocenters. The van der Waals surface area contributed by atoms with Gasteiger partial charge in [0.25, 0.3) is 5.91 Å². The number of carbonyl (C=O) groups is 1. The third-order valence-electron chi connectivity index (χ3n) is 4.80. The van der Waals surface area contributed by atoms with Crippen LogP contribution in [-0.4, -0.2) is 45.2 Å². The van der Waals surface area contributed by atoms with Crippen LogP contribution in [0.15, 0.2) is 28.7 Å². The lowest BCUT2D eigenvalue weighted by Gasteiger charge is -2.27. The third-order valence-corrected chi connectivity index (χ3v) is 4.80. The van der Waals surface area contributed by atoms with Crippen LogP contribution in [0.3, 0.4) is 0 Å². The van der Waals surface area contributed by atoms with Crippen LogP contribution in [0.25, 0.3) is 5.57 Å². The Labute approximate surface area is 159 Å². The monoisotopic (exact) mass is 371 g/mol. The molecule has 0 saturated heterocycles. The van der Waals surface area contributed by atoms with E-state index in [1.165, 1.54) is 0 Å². The number of hydrogen-bond donors (Lipinski definition) is 0. The van der Waals surface area contributed by atoms with Crippen molar-refractivity contribution in [3.63, 3.8) is 0 Å². The predicted octanol–water partition coefficient (Wildman–Crippen LogP) is 3.85. The zero-order valence-corrected chi connectivity index (χ0v) is 16.4. The number of methoxy groups -OCH3 is 3. The first-order valence-electron chi connectivity index (χ1n) is 8.84. The minimum absolute atomic E-state index is 0.00619. The quantitative estimate of drug-likeness (QED) is 0.799. The molecule has 0 aliphatic carbocycles. The second-order valence-electron chi connectivity index (χ2n) is 6.46. The number of ether oxygens (including phenoxy) is 3. The number of nitrogens with zero attached hydrogens (tertiary/aromatic N) is 1. The van der Waals surface area contributed by atoms with Crippen LogP contribution in [-0.2, 0) is 0 Å². The normalized spacial score (nSPS) is 14.0. The Morgan fingerprint density at radius 2 is 1.70 bits per heavy atom. The van der Waals surface area contributed by atoms with Crippen molar-refractivity contribution in [2.45, 2.75) is 20.3 Å². The van der Waals surface area contributed by atoms with Crippen molar-refractivity contribution in [3.8, 4) is 17.2 Å². The highest BCUT2D eigenvalue weighted by molar-refractivity contribution is 5.96. The van der Waals surface area contributed by atoms with E-state index in [2.05, 4.69) is 6.08 Å². The first-order valence-corrected chi connectivity index (χ1v) is 8.84. The SMILES string of the molecule is COc1cc(OC)c(C2=CCN(C(=O)c3cc(C)oc3C)CC2)c(OC)c1. The molecule has 2 aromatic rings. The summed E-state index contributed by atoms with van der Waals surface area (Å²) in [5.41, 5.74) is 2.63. The Bertz CT molecular complexity index is 856. The van der Waals surface area contributed by atoms with Gasteiger partial charge in [-0.1, -0.05) is 6.08 Å². The molecule has 1 aliphatic rings. The topological polar surface area (TPSA) is 61.1 Å². The van der Waals surface area contributed by atoms with E-state index >= 15 is 0 Å². The summed E-state index contributed by atoms with van der Waals surface area (Å²) in [7, 11) is 4.86. The standard InChI is InChI=1S/C21H25NO5/c1-13-10-17(14(2)27-13)21(23)22-8-6-15(7-9-22)20-18(25-4)11-16(24-3)12-19(20)26-5/h6,10-12H,7-9H2,1-5H3. The maximum atomic E-state index is 12.8. The van der Waals surface area contributed by atoms with Crippen LogP contribution < -0.4 is 14.2 Å². The lowest BCUT2D eigenvalue weighted by Crippen LogP contribution is -2.34.